The minimum absolute atomic E-state index is 0. The van der Waals surface area contributed by atoms with Crippen LogP contribution in [0.2, 0.25) is 0 Å². The number of nitrogens with one attached hydrogen (secondary N) is 3. The lowest BCUT2D eigenvalue weighted by Gasteiger charge is -2.24. The van der Waals surface area contributed by atoms with Gasteiger partial charge in [0.1, 0.15) is 0 Å². The number of carbonyl (C=O) groups is 2. The van der Waals surface area contributed by atoms with Gasteiger partial charge in [-0.1, -0.05) is 0 Å². The molecule has 0 radical (unpaired) electrons. The normalized spacial score (nSPS) is 28.1. The van der Waals surface area contributed by atoms with Crippen LogP contribution in [0.4, 0.5) is 0 Å². The quantitative estimate of drug-likeness (QED) is 0.667. The first-order chi connectivity index (χ1) is 7.74. The Morgan fingerprint density at radius 2 is 2.24 bits per heavy atom. The maximum atomic E-state index is 11.7. The fourth-order valence-electron chi connectivity index (χ4n) is 2.30. The fourth-order valence-corrected chi connectivity index (χ4v) is 2.30. The molecule has 2 rings (SSSR count). The summed E-state index contributed by atoms with van der Waals surface area (Å²) >= 11 is 0. The summed E-state index contributed by atoms with van der Waals surface area (Å²) in [5.74, 6) is 0.184. The summed E-state index contributed by atoms with van der Waals surface area (Å²) in [6.07, 6.45) is 4.10. The summed E-state index contributed by atoms with van der Waals surface area (Å²) in [5, 5.41) is 9.04. The Bertz CT molecular complexity index is 270. The molecule has 2 saturated heterocycles. The highest BCUT2D eigenvalue weighted by Crippen LogP contribution is 2.09. The van der Waals surface area contributed by atoms with Crippen LogP contribution >= 0.6 is 12.4 Å². The van der Waals surface area contributed by atoms with Crippen molar-refractivity contribution in [1.29, 1.82) is 0 Å². The zero-order valence-electron chi connectivity index (χ0n) is 9.83. The lowest BCUT2D eigenvalue weighted by atomic mass is 10.1. The molecular weight excluding hydrogens is 242 g/mol. The van der Waals surface area contributed by atoms with Crippen molar-refractivity contribution in [3.8, 4) is 0 Å². The Hall–Kier alpha value is -0.810. The van der Waals surface area contributed by atoms with Crippen molar-refractivity contribution in [2.24, 2.45) is 0 Å². The molecule has 0 aliphatic carbocycles. The molecule has 2 fully saturated rings. The van der Waals surface area contributed by atoms with E-state index in [2.05, 4.69) is 16.0 Å². The Labute approximate surface area is 108 Å². The lowest BCUT2D eigenvalue weighted by molar-refractivity contribution is -0.125. The second kappa shape index (κ2) is 6.81. The molecule has 2 aliphatic heterocycles. The summed E-state index contributed by atoms with van der Waals surface area (Å²) in [6.45, 7) is 1.60. The van der Waals surface area contributed by atoms with Crippen LogP contribution in [0.5, 0.6) is 0 Å². The highest BCUT2D eigenvalue weighted by Gasteiger charge is 2.22. The van der Waals surface area contributed by atoms with Gasteiger partial charge in [0.2, 0.25) is 11.8 Å². The molecule has 98 valence electrons. The largest absolute Gasteiger partial charge is 0.354 e. The highest BCUT2D eigenvalue weighted by atomic mass is 35.5. The SMILES string of the molecule is Cl.O=C1CCC(NC(=O)CC2CCCN2)CN1. The molecule has 0 aromatic rings. The van der Waals surface area contributed by atoms with Gasteiger partial charge >= 0.3 is 0 Å². The lowest BCUT2D eigenvalue weighted by Crippen LogP contribution is -2.48. The van der Waals surface area contributed by atoms with Crippen molar-refractivity contribution >= 4 is 24.2 Å². The Morgan fingerprint density at radius 1 is 1.41 bits per heavy atom. The van der Waals surface area contributed by atoms with Crippen LogP contribution in [0, 0.1) is 0 Å². The number of hydrogen-bond donors (Lipinski definition) is 3. The van der Waals surface area contributed by atoms with Gasteiger partial charge in [-0.25, -0.2) is 0 Å². The summed E-state index contributed by atoms with van der Waals surface area (Å²) in [4.78, 5) is 22.6. The van der Waals surface area contributed by atoms with Gasteiger partial charge in [-0.15, -0.1) is 12.4 Å². The number of carbonyl (C=O) groups excluding carboxylic acids is 2. The molecule has 2 amide bonds. The van der Waals surface area contributed by atoms with Crippen LogP contribution in [0.1, 0.15) is 32.1 Å². The Morgan fingerprint density at radius 3 is 2.82 bits per heavy atom. The second-order valence-electron chi connectivity index (χ2n) is 4.60. The van der Waals surface area contributed by atoms with E-state index in [0.717, 1.165) is 25.8 Å². The third-order valence-electron chi connectivity index (χ3n) is 3.22. The number of halogens is 1. The molecule has 0 saturated carbocycles. The fraction of sp³-hybridized carbons (Fsp3) is 0.818. The molecule has 2 aliphatic rings. The van der Waals surface area contributed by atoms with Crippen molar-refractivity contribution in [3.63, 3.8) is 0 Å². The Balaban J connectivity index is 0.00000144. The molecule has 17 heavy (non-hydrogen) atoms. The highest BCUT2D eigenvalue weighted by molar-refractivity contribution is 5.85. The summed E-state index contributed by atoms with van der Waals surface area (Å²) in [5.41, 5.74) is 0. The maximum Gasteiger partial charge on any atom is 0.221 e. The molecule has 0 aromatic heterocycles. The van der Waals surface area contributed by atoms with Crippen LogP contribution in [-0.2, 0) is 9.59 Å². The first kappa shape index (κ1) is 14.3. The van der Waals surface area contributed by atoms with E-state index in [-0.39, 0.29) is 30.3 Å². The van der Waals surface area contributed by atoms with E-state index in [4.69, 9.17) is 0 Å². The predicted octanol–water partition coefficient (Wildman–Crippen LogP) is -0.0549. The maximum absolute atomic E-state index is 11.7. The standard InChI is InChI=1S/C11H19N3O2.ClH/c15-10-4-3-9(7-13-10)14-11(16)6-8-2-1-5-12-8;/h8-9,12H,1-7H2,(H,13,15)(H,14,16);1H. The van der Waals surface area contributed by atoms with Crippen LogP contribution < -0.4 is 16.0 Å². The predicted molar refractivity (Wildman–Crippen MR) is 67.1 cm³/mol. The topological polar surface area (TPSA) is 70.2 Å². The smallest absolute Gasteiger partial charge is 0.221 e. The van der Waals surface area contributed by atoms with Gasteiger partial charge in [-0.2, -0.15) is 0 Å². The van der Waals surface area contributed by atoms with E-state index >= 15 is 0 Å². The Kier molecular flexibility index (Phi) is 5.71. The monoisotopic (exact) mass is 261 g/mol. The summed E-state index contributed by atoms with van der Waals surface area (Å²) in [6, 6.07) is 0.463. The zero-order chi connectivity index (χ0) is 11.4. The third kappa shape index (κ3) is 4.52. The van der Waals surface area contributed by atoms with Crippen LogP contribution in [-0.4, -0.2) is 37.0 Å². The van der Waals surface area contributed by atoms with Gasteiger partial charge < -0.3 is 16.0 Å². The van der Waals surface area contributed by atoms with Crippen molar-refractivity contribution in [2.75, 3.05) is 13.1 Å². The molecule has 2 heterocycles. The minimum atomic E-state index is 0. The average molecular weight is 262 g/mol. The molecule has 0 spiro atoms. The number of rotatable bonds is 3. The zero-order valence-corrected chi connectivity index (χ0v) is 10.6. The summed E-state index contributed by atoms with van der Waals surface area (Å²) < 4.78 is 0. The van der Waals surface area contributed by atoms with Crippen molar-refractivity contribution < 1.29 is 9.59 Å². The summed E-state index contributed by atoms with van der Waals surface area (Å²) in [7, 11) is 0. The molecule has 6 heteroatoms. The van der Waals surface area contributed by atoms with Crippen LogP contribution in [0.25, 0.3) is 0 Å². The minimum Gasteiger partial charge on any atom is -0.354 e. The first-order valence-corrected chi connectivity index (χ1v) is 6.03. The molecule has 3 N–H and O–H groups in total. The number of amides is 2. The van der Waals surface area contributed by atoms with E-state index in [1.807, 2.05) is 0 Å². The van der Waals surface area contributed by atoms with Gasteiger partial charge in [0.05, 0.1) is 0 Å². The van der Waals surface area contributed by atoms with E-state index in [1.165, 1.54) is 0 Å². The molecule has 0 bridgehead atoms. The molecule has 2 unspecified atom stereocenters. The van der Waals surface area contributed by atoms with Gasteiger partial charge in [0.25, 0.3) is 0 Å². The molecular formula is C11H20ClN3O2. The van der Waals surface area contributed by atoms with Gasteiger partial charge in [0.15, 0.2) is 0 Å². The van der Waals surface area contributed by atoms with E-state index in [9.17, 15) is 9.59 Å². The third-order valence-corrected chi connectivity index (χ3v) is 3.22. The number of piperidine rings is 1. The average Bonchev–Trinajstić information content (AvgIpc) is 2.74. The number of hydrogen-bond acceptors (Lipinski definition) is 3. The molecule has 5 nitrogen and oxygen atoms in total. The molecule has 0 aromatic carbocycles. The van der Waals surface area contributed by atoms with E-state index in [1.54, 1.807) is 0 Å². The van der Waals surface area contributed by atoms with Crippen molar-refractivity contribution in [2.45, 2.75) is 44.2 Å². The first-order valence-electron chi connectivity index (χ1n) is 6.03. The van der Waals surface area contributed by atoms with Crippen LogP contribution in [0.15, 0.2) is 0 Å². The van der Waals surface area contributed by atoms with E-state index < -0.39 is 0 Å². The van der Waals surface area contributed by atoms with Gasteiger partial charge in [0, 0.05) is 31.5 Å². The van der Waals surface area contributed by atoms with E-state index in [0.29, 0.717) is 25.4 Å². The van der Waals surface area contributed by atoms with Crippen LogP contribution in [0.3, 0.4) is 0 Å². The second-order valence-corrected chi connectivity index (χ2v) is 4.60. The van der Waals surface area contributed by atoms with Crippen molar-refractivity contribution in [1.82, 2.24) is 16.0 Å². The van der Waals surface area contributed by atoms with Gasteiger partial charge in [-0.3, -0.25) is 9.59 Å². The van der Waals surface area contributed by atoms with Crippen molar-refractivity contribution in [3.05, 3.63) is 0 Å². The molecule has 2 atom stereocenters. The van der Waals surface area contributed by atoms with Gasteiger partial charge in [-0.05, 0) is 25.8 Å².